The van der Waals surface area contributed by atoms with Gasteiger partial charge >= 0.3 is 5.97 Å². The third kappa shape index (κ3) is 3.63. The molecule has 2 atom stereocenters. The van der Waals surface area contributed by atoms with Crippen molar-refractivity contribution in [1.82, 2.24) is 0 Å². The molecule has 0 heterocycles. The number of carboxylic acid groups (broad SMARTS) is 1. The van der Waals surface area contributed by atoms with E-state index >= 15 is 0 Å². The highest BCUT2D eigenvalue weighted by Crippen LogP contribution is 2.32. The number of ether oxygens (including phenoxy) is 1. The molecule has 0 aliphatic heterocycles. The summed E-state index contributed by atoms with van der Waals surface area (Å²) in [6.07, 6.45) is 3.54. The van der Waals surface area contributed by atoms with Crippen LogP contribution in [-0.2, 0) is 0 Å². The van der Waals surface area contributed by atoms with E-state index in [0.717, 1.165) is 12.8 Å². The van der Waals surface area contributed by atoms with Gasteiger partial charge in [-0.3, -0.25) is 0 Å². The van der Waals surface area contributed by atoms with Crippen LogP contribution in [0.3, 0.4) is 0 Å². The smallest absolute Gasteiger partial charge is 0.337 e. The summed E-state index contributed by atoms with van der Waals surface area (Å²) in [5.74, 6) is 0.975. The van der Waals surface area contributed by atoms with E-state index in [9.17, 15) is 4.79 Å². The van der Waals surface area contributed by atoms with Crippen molar-refractivity contribution in [3.8, 4) is 5.75 Å². The summed E-state index contributed by atoms with van der Waals surface area (Å²) in [5.41, 5.74) is 0.111. The number of hydrogen-bond donors (Lipinski definition) is 1. The van der Waals surface area contributed by atoms with Crippen LogP contribution in [-0.4, -0.2) is 17.2 Å². The Balaban J connectivity index is 2.07. The lowest BCUT2D eigenvalue weighted by Crippen LogP contribution is -2.28. The second-order valence-electron chi connectivity index (χ2n) is 5.60. The third-order valence-electron chi connectivity index (χ3n) is 3.61. The number of hydrogen-bond acceptors (Lipinski definition) is 2. The van der Waals surface area contributed by atoms with Crippen LogP contribution in [0.5, 0.6) is 5.75 Å². The van der Waals surface area contributed by atoms with Gasteiger partial charge in [0.1, 0.15) is 5.75 Å². The van der Waals surface area contributed by atoms with Crippen LogP contribution in [0.1, 0.15) is 43.5 Å². The molecular weight excluding hydrogens is 264 g/mol. The maximum absolute atomic E-state index is 10.9. The molecule has 0 saturated heterocycles. The van der Waals surface area contributed by atoms with Crippen molar-refractivity contribution < 1.29 is 14.6 Å². The second kappa shape index (κ2) is 5.83. The molecule has 4 heteroatoms. The van der Waals surface area contributed by atoms with Crippen molar-refractivity contribution in [1.29, 1.82) is 0 Å². The van der Waals surface area contributed by atoms with E-state index in [1.165, 1.54) is 12.5 Å². The molecule has 1 fully saturated rings. The molecule has 0 aromatic heterocycles. The summed E-state index contributed by atoms with van der Waals surface area (Å²) in [4.78, 5) is 10.9. The predicted molar refractivity (Wildman–Crippen MR) is 75.0 cm³/mol. The first kappa shape index (κ1) is 14.2. The van der Waals surface area contributed by atoms with Crippen molar-refractivity contribution in [2.24, 2.45) is 11.8 Å². The van der Waals surface area contributed by atoms with Crippen LogP contribution in [0, 0.1) is 11.8 Å². The summed E-state index contributed by atoms with van der Waals surface area (Å²) >= 11 is 5.94. The molecule has 1 aromatic rings. The van der Waals surface area contributed by atoms with Gasteiger partial charge in [-0.05, 0) is 49.3 Å². The zero-order chi connectivity index (χ0) is 14.0. The molecule has 2 rings (SSSR count). The van der Waals surface area contributed by atoms with Crippen molar-refractivity contribution in [3.63, 3.8) is 0 Å². The fourth-order valence-corrected chi connectivity index (χ4v) is 3.16. The maximum atomic E-state index is 10.9. The van der Waals surface area contributed by atoms with Crippen LogP contribution < -0.4 is 4.74 Å². The van der Waals surface area contributed by atoms with Crippen molar-refractivity contribution >= 4 is 17.6 Å². The largest absolute Gasteiger partial charge is 0.490 e. The van der Waals surface area contributed by atoms with Crippen LogP contribution in [0.2, 0.25) is 5.02 Å². The first-order chi connectivity index (χ1) is 8.95. The molecule has 0 bridgehead atoms. The normalized spacial score (nSPS) is 27.0. The number of carbonyl (C=O) groups is 1. The Bertz CT molecular complexity index is 462. The number of benzene rings is 1. The summed E-state index contributed by atoms with van der Waals surface area (Å²) in [7, 11) is 0. The fourth-order valence-electron chi connectivity index (χ4n) is 2.90. The molecule has 2 unspecified atom stereocenters. The minimum absolute atomic E-state index is 0.111. The van der Waals surface area contributed by atoms with Gasteiger partial charge in [0.05, 0.1) is 16.7 Å². The molecule has 19 heavy (non-hydrogen) atoms. The van der Waals surface area contributed by atoms with Gasteiger partial charge in [-0.15, -0.1) is 0 Å². The van der Waals surface area contributed by atoms with E-state index in [-0.39, 0.29) is 16.7 Å². The highest BCUT2D eigenvalue weighted by Gasteiger charge is 2.25. The predicted octanol–water partition coefficient (Wildman–Crippen LogP) is 4.24. The molecule has 0 spiro atoms. The Morgan fingerprint density at radius 1 is 1.26 bits per heavy atom. The summed E-state index contributed by atoms with van der Waals surface area (Å²) in [6.45, 7) is 4.49. The molecule has 1 aliphatic rings. The highest BCUT2D eigenvalue weighted by molar-refractivity contribution is 6.33. The number of rotatable bonds is 3. The Morgan fingerprint density at radius 2 is 1.89 bits per heavy atom. The average molecular weight is 283 g/mol. The average Bonchev–Trinajstić information content (AvgIpc) is 2.26. The minimum Gasteiger partial charge on any atom is -0.490 e. The van der Waals surface area contributed by atoms with Gasteiger partial charge in [0.2, 0.25) is 0 Å². The molecule has 0 amide bonds. The van der Waals surface area contributed by atoms with Crippen LogP contribution in [0.25, 0.3) is 0 Å². The van der Waals surface area contributed by atoms with Crippen molar-refractivity contribution in [3.05, 3.63) is 28.8 Å². The zero-order valence-corrected chi connectivity index (χ0v) is 12.0. The van der Waals surface area contributed by atoms with Gasteiger partial charge < -0.3 is 9.84 Å². The Labute approximate surface area is 118 Å². The standard InChI is InChI=1S/C15H19ClO3/c1-9-5-10(2)7-12(6-9)19-11-3-4-13(15(17)18)14(16)8-11/h3-4,8-10,12H,5-7H2,1-2H3,(H,17,18). The first-order valence-corrected chi connectivity index (χ1v) is 7.03. The van der Waals surface area contributed by atoms with Gasteiger partial charge in [-0.25, -0.2) is 4.79 Å². The molecule has 0 radical (unpaired) electrons. The van der Waals surface area contributed by atoms with E-state index in [2.05, 4.69) is 13.8 Å². The SMILES string of the molecule is CC1CC(C)CC(Oc2ccc(C(=O)O)c(Cl)c2)C1. The molecule has 3 nitrogen and oxygen atoms in total. The van der Waals surface area contributed by atoms with E-state index in [0.29, 0.717) is 17.6 Å². The number of halogens is 1. The highest BCUT2D eigenvalue weighted by atomic mass is 35.5. The molecule has 1 saturated carbocycles. The Hall–Kier alpha value is -1.22. The lowest BCUT2D eigenvalue weighted by Gasteiger charge is -2.31. The monoisotopic (exact) mass is 282 g/mol. The molecular formula is C15H19ClO3. The van der Waals surface area contributed by atoms with Crippen LogP contribution in [0.15, 0.2) is 18.2 Å². The number of carboxylic acids is 1. The van der Waals surface area contributed by atoms with Crippen LogP contribution >= 0.6 is 11.6 Å². The summed E-state index contributed by atoms with van der Waals surface area (Å²) in [6, 6.07) is 4.77. The Kier molecular flexibility index (Phi) is 4.35. The lowest BCUT2D eigenvalue weighted by atomic mass is 9.82. The molecule has 1 aromatic carbocycles. The maximum Gasteiger partial charge on any atom is 0.337 e. The van der Waals surface area contributed by atoms with Gasteiger partial charge in [0, 0.05) is 0 Å². The molecule has 1 aliphatic carbocycles. The molecule has 1 N–H and O–H groups in total. The van der Waals surface area contributed by atoms with Crippen molar-refractivity contribution in [2.75, 3.05) is 0 Å². The zero-order valence-electron chi connectivity index (χ0n) is 11.2. The Morgan fingerprint density at radius 3 is 2.42 bits per heavy atom. The fraction of sp³-hybridized carbons (Fsp3) is 0.533. The van der Waals surface area contributed by atoms with E-state index in [1.807, 2.05) is 0 Å². The van der Waals surface area contributed by atoms with E-state index < -0.39 is 5.97 Å². The lowest BCUT2D eigenvalue weighted by molar-refractivity contribution is 0.0697. The summed E-state index contributed by atoms with van der Waals surface area (Å²) < 4.78 is 5.93. The van der Waals surface area contributed by atoms with E-state index in [4.69, 9.17) is 21.4 Å². The second-order valence-corrected chi connectivity index (χ2v) is 6.01. The quantitative estimate of drug-likeness (QED) is 0.902. The minimum atomic E-state index is -1.02. The number of aromatic carboxylic acids is 1. The third-order valence-corrected chi connectivity index (χ3v) is 3.92. The first-order valence-electron chi connectivity index (χ1n) is 6.65. The topological polar surface area (TPSA) is 46.5 Å². The van der Waals surface area contributed by atoms with Crippen molar-refractivity contribution in [2.45, 2.75) is 39.2 Å². The van der Waals surface area contributed by atoms with Crippen LogP contribution in [0.4, 0.5) is 0 Å². The van der Waals surface area contributed by atoms with E-state index in [1.54, 1.807) is 12.1 Å². The summed E-state index contributed by atoms with van der Waals surface area (Å²) in [5, 5.41) is 9.15. The molecule has 104 valence electrons. The van der Waals surface area contributed by atoms with Gasteiger partial charge in [0.25, 0.3) is 0 Å². The van der Waals surface area contributed by atoms with Gasteiger partial charge in [-0.2, -0.15) is 0 Å². The van der Waals surface area contributed by atoms with Gasteiger partial charge in [-0.1, -0.05) is 25.4 Å². The van der Waals surface area contributed by atoms with Gasteiger partial charge in [0.15, 0.2) is 0 Å².